The van der Waals surface area contributed by atoms with Gasteiger partial charge in [0.15, 0.2) is 0 Å². The number of hydrogen-bond acceptors (Lipinski definition) is 7. The molecule has 0 aromatic carbocycles. The summed E-state index contributed by atoms with van der Waals surface area (Å²) >= 11 is 1.17. The van der Waals surface area contributed by atoms with Crippen molar-refractivity contribution in [2.45, 2.75) is 47.0 Å². The van der Waals surface area contributed by atoms with Crippen molar-refractivity contribution < 1.29 is 28.7 Å². The molecule has 1 aromatic heterocycles. The lowest BCUT2D eigenvalue weighted by Crippen LogP contribution is -2.39. The van der Waals surface area contributed by atoms with Crippen molar-refractivity contribution in [2.75, 3.05) is 25.0 Å². The number of ether oxygens (including phenoxy) is 1. The molecule has 0 spiro atoms. The fraction of sp³-hybridized carbons (Fsp3) is 0.550. The van der Waals surface area contributed by atoms with Gasteiger partial charge in [0.1, 0.15) is 11.5 Å². The zero-order valence-electron chi connectivity index (χ0n) is 17.6. The van der Waals surface area contributed by atoms with Gasteiger partial charge in [-0.2, -0.15) is 0 Å². The summed E-state index contributed by atoms with van der Waals surface area (Å²) < 4.78 is 5.11. The molecular weight excluding hydrogens is 410 g/mol. The van der Waals surface area contributed by atoms with Crippen LogP contribution < -0.4 is 5.32 Å². The lowest BCUT2D eigenvalue weighted by molar-refractivity contribution is -0.143. The van der Waals surface area contributed by atoms with Gasteiger partial charge in [-0.15, -0.1) is 11.3 Å². The van der Waals surface area contributed by atoms with E-state index >= 15 is 0 Å². The van der Waals surface area contributed by atoms with E-state index in [4.69, 9.17) is 4.74 Å². The first-order valence-corrected chi connectivity index (χ1v) is 10.8. The molecule has 0 unspecified atom stereocenters. The average molecular weight is 438 g/mol. The fourth-order valence-electron chi connectivity index (χ4n) is 3.02. The molecule has 0 atom stereocenters. The molecule has 9 nitrogen and oxygen atoms in total. The molecule has 1 saturated heterocycles. The highest BCUT2D eigenvalue weighted by molar-refractivity contribution is 7.15. The number of unbranched alkanes of at least 4 members (excludes halogenated alkanes) is 1. The minimum atomic E-state index is -1.02. The highest BCUT2D eigenvalue weighted by Gasteiger charge is 2.44. The van der Waals surface area contributed by atoms with Gasteiger partial charge in [-0.25, -0.2) is 14.5 Å². The molecule has 164 valence electrons. The van der Waals surface area contributed by atoms with Crippen molar-refractivity contribution in [2.24, 2.45) is 5.92 Å². The van der Waals surface area contributed by atoms with Crippen LogP contribution in [0.5, 0.6) is 0 Å². The smallest absolute Gasteiger partial charge is 0.341 e. The van der Waals surface area contributed by atoms with Gasteiger partial charge in [0.05, 0.1) is 12.2 Å². The van der Waals surface area contributed by atoms with Gasteiger partial charge in [-0.05, 0) is 36.6 Å². The molecule has 0 radical (unpaired) electrons. The summed E-state index contributed by atoms with van der Waals surface area (Å²) in [6, 6.07) is -0.800. The van der Waals surface area contributed by atoms with Crippen LogP contribution in [0.15, 0.2) is 5.38 Å². The Balaban J connectivity index is 2.15. The molecule has 10 heteroatoms. The number of anilines is 1. The summed E-state index contributed by atoms with van der Waals surface area (Å²) in [5, 5.41) is 4.66. The van der Waals surface area contributed by atoms with E-state index < -0.39 is 36.3 Å². The van der Waals surface area contributed by atoms with Gasteiger partial charge in [-0.1, -0.05) is 27.2 Å². The third-order valence-corrected chi connectivity index (χ3v) is 5.34. The molecule has 5 amide bonds. The second-order valence-electron chi connectivity index (χ2n) is 7.32. The van der Waals surface area contributed by atoms with Crippen molar-refractivity contribution in [3.8, 4) is 0 Å². The number of carbonyl (C=O) groups excluding carboxylic acids is 5. The summed E-state index contributed by atoms with van der Waals surface area (Å²) in [5.41, 5.74) is 1.04. The Labute approximate surface area is 179 Å². The van der Waals surface area contributed by atoms with Gasteiger partial charge in [0.2, 0.25) is 5.91 Å². The van der Waals surface area contributed by atoms with Gasteiger partial charge in [0.25, 0.3) is 0 Å². The van der Waals surface area contributed by atoms with Crippen molar-refractivity contribution in [1.29, 1.82) is 0 Å². The van der Waals surface area contributed by atoms with Crippen LogP contribution in [-0.4, -0.2) is 59.2 Å². The number of nitrogens with one attached hydrogen (secondary N) is 1. The van der Waals surface area contributed by atoms with Crippen LogP contribution in [0.2, 0.25) is 0 Å². The molecule has 1 aromatic rings. The van der Waals surface area contributed by atoms with Gasteiger partial charge >= 0.3 is 23.8 Å². The summed E-state index contributed by atoms with van der Waals surface area (Å²) in [6.45, 7) is 7.33. The predicted molar refractivity (Wildman–Crippen MR) is 111 cm³/mol. The number of hydrogen-bond donors (Lipinski definition) is 1. The zero-order valence-corrected chi connectivity index (χ0v) is 18.5. The topological polar surface area (TPSA) is 113 Å². The highest BCUT2D eigenvalue weighted by Crippen LogP contribution is 2.31. The van der Waals surface area contributed by atoms with Crippen LogP contribution in [0.1, 0.15) is 56.5 Å². The first kappa shape index (κ1) is 23.5. The van der Waals surface area contributed by atoms with E-state index in [9.17, 15) is 24.0 Å². The summed E-state index contributed by atoms with van der Waals surface area (Å²) in [7, 11) is 0. The number of amides is 5. The first-order chi connectivity index (χ1) is 14.2. The van der Waals surface area contributed by atoms with E-state index in [1.165, 1.54) is 11.3 Å². The summed E-state index contributed by atoms with van der Waals surface area (Å²) in [6.07, 6.45) is 1.95. The third kappa shape index (κ3) is 5.24. The minimum Gasteiger partial charge on any atom is -0.462 e. The standard InChI is InChI=1S/C20H27N3O6S/c1-5-7-8-22-17(25)18(26)23(20(22)28)10-14(24)21-16-15(19(27)29-6-2)13(11-30-16)9-12(3)4/h11-12H,5-10H2,1-4H3,(H,21,24). The van der Waals surface area contributed by atoms with E-state index in [1.807, 2.05) is 20.8 Å². The molecule has 2 rings (SSSR count). The van der Waals surface area contributed by atoms with Crippen molar-refractivity contribution >= 4 is 46.1 Å². The van der Waals surface area contributed by atoms with Gasteiger partial charge in [-0.3, -0.25) is 19.3 Å². The van der Waals surface area contributed by atoms with Crippen molar-refractivity contribution in [3.63, 3.8) is 0 Å². The SMILES string of the molecule is CCCCN1C(=O)C(=O)N(CC(=O)Nc2scc(CC(C)C)c2C(=O)OCC)C1=O. The molecule has 1 aliphatic heterocycles. The van der Waals surface area contributed by atoms with Gasteiger partial charge < -0.3 is 10.1 Å². The number of esters is 1. The van der Waals surface area contributed by atoms with Crippen LogP contribution >= 0.6 is 11.3 Å². The van der Waals surface area contributed by atoms with Gasteiger partial charge in [0, 0.05) is 6.54 Å². The fourth-order valence-corrected chi connectivity index (χ4v) is 3.99. The number of urea groups is 1. The second-order valence-corrected chi connectivity index (χ2v) is 8.20. The maximum Gasteiger partial charge on any atom is 0.341 e. The third-order valence-electron chi connectivity index (χ3n) is 4.40. The molecule has 1 N–H and O–H groups in total. The number of rotatable bonds is 10. The van der Waals surface area contributed by atoms with Crippen LogP contribution in [0.3, 0.4) is 0 Å². The number of nitrogens with zero attached hydrogens (tertiary/aromatic N) is 2. The average Bonchev–Trinajstić information content (AvgIpc) is 3.14. The Kier molecular flexibility index (Phi) is 8.10. The monoisotopic (exact) mass is 437 g/mol. The minimum absolute atomic E-state index is 0.133. The van der Waals surface area contributed by atoms with Crippen LogP contribution in [0, 0.1) is 5.92 Å². The lowest BCUT2D eigenvalue weighted by atomic mass is 10.0. The molecule has 2 heterocycles. The first-order valence-electron chi connectivity index (χ1n) is 9.95. The Hall–Kier alpha value is -2.75. The molecule has 1 fully saturated rings. The highest BCUT2D eigenvalue weighted by atomic mass is 32.1. The number of carbonyl (C=O) groups is 5. The van der Waals surface area contributed by atoms with E-state index in [1.54, 1.807) is 12.3 Å². The van der Waals surface area contributed by atoms with E-state index in [0.717, 1.165) is 16.9 Å². The quantitative estimate of drug-likeness (QED) is 0.342. The summed E-state index contributed by atoms with van der Waals surface area (Å²) in [4.78, 5) is 62.9. The normalized spacial score (nSPS) is 14.1. The molecule has 1 aliphatic rings. The number of imide groups is 2. The Bertz CT molecular complexity index is 848. The molecule has 0 aliphatic carbocycles. The molecule has 30 heavy (non-hydrogen) atoms. The second kappa shape index (κ2) is 10.3. The van der Waals surface area contributed by atoms with Crippen molar-refractivity contribution in [3.05, 3.63) is 16.5 Å². The Morgan fingerprint density at radius 3 is 2.40 bits per heavy atom. The number of thiophene rings is 1. The van der Waals surface area contributed by atoms with E-state index in [0.29, 0.717) is 22.7 Å². The predicted octanol–water partition coefficient (Wildman–Crippen LogP) is 2.65. The van der Waals surface area contributed by atoms with Crippen molar-refractivity contribution in [1.82, 2.24) is 9.80 Å². The van der Waals surface area contributed by atoms with Crippen LogP contribution in [0.4, 0.5) is 9.80 Å². The van der Waals surface area contributed by atoms with E-state index in [2.05, 4.69) is 5.32 Å². The zero-order chi connectivity index (χ0) is 22.4. The lowest BCUT2D eigenvalue weighted by Gasteiger charge is -2.15. The summed E-state index contributed by atoms with van der Waals surface area (Å²) in [5.74, 6) is -2.88. The van der Waals surface area contributed by atoms with Crippen LogP contribution in [-0.2, 0) is 25.5 Å². The maximum absolute atomic E-state index is 12.5. The molecule has 0 saturated carbocycles. The Morgan fingerprint density at radius 2 is 1.80 bits per heavy atom. The Morgan fingerprint density at radius 1 is 1.13 bits per heavy atom. The molecular formula is C20H27N3O6S. The van der Waals surface area contributed by atoms with E-state index in [-0.39, 0.29) is 24.6 Å². The largest absolute Gasteiger partial charge is 0.462 e. The van der Waals surface area contributed by atoms with Crippen LogP contribution in [0.25, 0.3) is 0 Å². The molecule has 0 bridgehead atoms. The maximum atomic E-state index is 12.5.